The molecule has 0 saturated carbocycles. The zero-order valence-electron chi connectivity index (χ0n) is 52.0. The fraction of sp³-hybridized carbons (Fsp3) is 0. The van der Waals surface area contributed by atoms with Gasteiger partial charge in [0.15, 0.2) is 0 Å². The van der Waals surface area contributed by atoms with Gasteiger partial charge >= 0.3 is 7.12 Å². The van der Waals surface area contributed by atoms with Gasteiger partial charge in [0.1, 0.15) is 20.7 Å². The Morgan fingerprint density at radius 3 is 0.949 bits per heavy atom. The van der Waals surface area contributed by atoms with Crippen molar-refractivity contribution in [1.29, 1.82) is 0 Å². The van der Waals surface area contributed by atoms with Gasteiger partial charge in [-0.25, -0.2) is 19.9 Å². The summed E-state index contributed by atoms with van der Waals surface area (Å²) in [5.41, 5.74) is 21.2. The maximum Gasteiger partial charge on any atom is 0.488 e. The minimum atomic E-state index is -1.44. The minimum absolute atomic E-state index is 0. The molecule has 470 valence electrons. The molecule has 7 heterocycles. The van der Waals surface area contributed by atoms with Crippen LogP contribution in [0.15, 0.2) is 300 Å². The molecule has 16 heteroatoms. The first kappa shape index (κ1) is 63.2. The highest BCUT2D eigenvalue weighted by Crippen LogP contribution is 2.44. The third-order valence-electron chi connectivity index (χ3n) is 18.2. The van der Waals surface area contributed by atoms with Crippen LogP contribution in [-0.4, -0.2) is 50.8 Å². The van der Waals surface area contributed by atoms with E-state index in [9.17, 15) is 10.0 Å². The molecule has 2 N–H and O–H groups in total. The SMILES string of the molecule is Brc1cc2sc3nc4ccccc4nc3c2cc1Br.I.OB(O)c1ccc(-n2c3ccccc3c3ccccc32)cc1.P.c1ccc2nc3c(nc2c1)sc1cc(-c2ccc(-n4c5ccccc5c5ccccc54)cc2)c(-c2ccc(-n4c5ccccc5c5ccccc54)cc2)cc13. The van der Waals surface area contributed by atoms with Gasteiger partial charge in [-0.2, -0.15) is 9.90 Å². The number of halogens is 3. The van der Waals surface area contributed by atoms with Gasteiger partial charge in [0, 0.05) is 78.5 Å². The smallest absolute Gasteiger partial charge is 0.423 e. The van der Waals surface area contributed by atoms with E-state index in [1.54, 1.807) is 34.8 Å². The molecule has 13 aromatic carbocycles. The first-order valence-corrected chi connectivity index (χ1v) is 34.7. The molecular weight excluding hydrogens is 1510 g/mol. The fourth-order valence-corrected chi connectivity index (χ4v) is 16.7. The number of hydrogen-bond donors (Lipinski definition) is 2. The molecule has 0 amide bonds. The summed E-state index contributed by atoms with van der Waals surface area (Å²) >= 11 is 10.5. The molecule has 0 aliphatic carbocycles. The molecule has 1 unspecified atom stereocenters. The van der Waals surface area contributed by atoms with Crippen LogP contribution in [0.5, 0.6) is 0 Å². The lowest BCUT2D eigenvalue weighted by Gasteiger charge is -2.14. The molecule has 1 atom stereocenters. The van der Waals surface area contributed by atoms with Crippen molar-refractivity contribution in [1.82, 2.24) is 33.6 Å². The van der Waals surface area contributed by atoms with Crippen molar-refractivity contribution in [2.45, 2.75) is 0 Å². The van der Waals surface area contributed by atoms with E-state index in [1.807, 2.05) is 84.9 Å². The second-order valence-electron chi connectivity index (χ2n) is 23.8. The van der Waals surface area contributed by atoms with E-state index in [0.717, 1.165) is 102 Å². The van der Waals surface area contributed by atoms with Gasteiger partial charge in [0.2, 0.25) is 0 Å². The van der Waals surface area contributed by atoms with Crippen LogP contribution in [-0.2, 0) is 0 Å². The lowest BCUT2D eigenvalue weighted by molar-refractivity contribution is 0.426. The maximum absolute atomic E-state index is 9.24. The Labute approximate surface area is 607 Å². The van der Waals surface area contributed by atoms with E-state index < -0.39 is 7.12 Å². The molecular formula is C82H54BBr2IN7O2PS2. The molecule has 0 bridgehead atoms. The van der Waals surface area contributed by atoms with Crippen LogP contribution < -0.4 is 5.46 Å². The Morgan fingerprint density at radius 1 is 0.306 bits per heavy atom. The maximum atomic E-state index is 9.24. The number of hydrogen-bond acceptors (Lipinski definition) is 8. The van der Waals surface area contributed by atoms with Crippen LogP contribution in [0.2, 0.25) is 0 Å². The van der Waals surface area contributed by atoms with E-state index in [2.05, 4.69) is 240 Å². The summed E-state index contributed by atoms with van der Waals surface area (Å²) in [6.45, 7) is 0. The molecule has 0 aliphatic rings. The van der Waals surface area contributed by atoms with E-state index in [1.165, 1.54) is 74.9 Å². The number of benzene rings is 13. The molecule has 7 aromatic heterocycles. The number of nitrogens with zero attached hydrogens (tertiary/aromatic N) is 7. The summed E-state index contributed by atoms with van der Waals surface area (Å²) in [5.74, 6) is 0. The number of thiophene rings is 2. The lowest BCUT2D eigenvalue weighted by Crippen LogP contribution is -2.29. The number of para-hydroxylation sites is 10. The van der Waals surface area contributed by atoms with Crippen LogP contribution in [0.3, 0.4) is 0 Å². The van der Waals surface area contributed by atoms with Crippen molar-refractivity contribution in [3.8, 4) is 39.3 Å². The van der Waals surface area contributed by atoms with Crippen molar-refractivity contribution in [2.24, 2.45) is 0 Å². The van der Waals surface area contributed by atoms with Crippen LogP contribution in [0.1, 0.15) is 0 Å². The van der Waals surface area contributed by atoms with Crippen molar-refractivity contribution in [2.75, 3.05) is 0 Å². The van der Waals surface area contributed by atoms with E-state index in [4.69, 9.17) is 19.9 Å². The average molecular weight is 1560 g/mol. The largest absolute Gasteiger partial charge is 0.488 e. The van der Waals surface area contributed by atoms with Crippen molar-refractivity contribution in [3.05, 3.63) is 300 Å². The van der Waals surface area contributed by atoms with Crippen LogP contribution in [0.4, 0.5) is 0 Å². The van der Waals surface area contributed by atoms with Gasteiger partial charge < -0.3 is 23.7 Å². The Hall–Kier alpha value is -9.52. The number of fused-ring (bicyclic) bond motifs is 17. The fourth-order valence-electron chi connectivity index (χ4n) is 13.8. The van der Waals surface area contributed by atoms with Crippen LogP contribution >= 0.6 is 88.4 Å². The summed E-state index contributed by atoms with van der Waals surface area (Å²) in [6.07, 6.45) is 0. The second-order valence-corrected chi connectivity index (χ2v) is 27.5. The first-order valence-electron chi connectivity index (χ1n) is 31.4. The van der Waals surface area contributed by atoms with Gasteiger partial charge in [0.05, 0.1) is 55.2 Å². The summed E-state index contributed by atoms with van der Waals surface area (Å²) in [5, 5.41) is 28.2. The van der Waals surface area contributed by atoms with Crippen molar-refractivity contribution >= 4 is 229 Å². The molecule has 0 saturated heterocycles. The van der Waals surface area contributed by atoms with E-state index in [0.29, 0.717) is 5.46 Å². The first-order chi connectivity index (χ1) is 47.2. The quantitative estimate of drug-likeness (QED) is 0.0976. The third kappa shape index (κ3) is 10.9. The van der Waals surface area contributed by atoms with Gasteiger partial charge in [-0.15, -0.1) is 46.7 Å². The monoisotopic (exact) mass is 1560 g/mol. The van der Waals surface area contributed by atoms with Gasteiger partial charge in [-0.1, -0.05) is 170 Å². The Balaban J connectivity index is 0.000000142. The second kappa shape index (κ2) is 26.1. The molecule has 0 spiro atoms. The Morgan fingerprint density at radius 2 is 0.592 bits per heavy atom. The molecule has 98 heavy (non-hydrogen) atoms. The van der Waals surface area contributed by atoms with Crippen LogP contribution in [0.25, 0.3) is 168 Å². The standard InChI is InChI=1S/C50H30N4S.C18H14BNO2.C14H6Br2N2S.HI.H3P/c1-7-17-44-35(11-1)36-12-2-8-18-45(36)53(44)33-25-21-31(22-26-33)39-29-41-48(55-50-49(41)51-42-15-5-6-16-43(42)52-50)30-40(39)32-23-27-34(28-24-32)54-46-19-9-3-13-37(46)38-14-4-10-20-47(38)54;21-19(22)13-9-11-14(12-10-13)20-17-7-3-1-5-15(17)16-6-2-4-8-18(16)20;15-8-5-7-12(6-9(8)16)19-14-13(7)17-10-3-1-2-4-11(10)18-14;;/h1-30H;1-12,21-22H;1-6H;1H;1H3. The summed E-state index contributed by atoms with van der Waals surface area (Å²) in [7, 11) is -1.44. The Kier molecular flexibility index (Phi) is 16.8. The predicted molar refractivity (Wildman–Crippen MR) is 437 cm³/mol. The highest BCUT2D eigenvalue weighted by Gasteiger charge is 2.20. The number of aromatic nitrogens is 7. The molecule has 20 aromatic rings. The average Bonchev–Trinajstić information content (AvgIpc) is 1.67. The minimum Gasteiger partial charge on any atom is -0.423 e. The summed E-state index contributed by atoms with van der Waals surface area (Å²) < 4.78 is 11.4. The summed E-state index contributed by atoms with van der Waals surface area (Å²) in [6, 6.07) is 102. The van der Waals surface area contributed by atoms with Crippen molar-refractivity contribution < 1.29 is 10.0 Å². The molecule has 0 radical (unpaired) electrons. The highest BCUT2D eigenvalue weighted by molar-refractivity contribution is 14.0. The molecule has 20 rings (SSSR count). The topological polar surface area (TPSA) is 107 Å². The molecule has 0 aliphatic heterocycles. The Bertz CT molecular complexity index is 6340. The summed E-state index contributed by atoms with van der Waals surface area (Å²) in [4.78, 5) is 21.6. The van der Waals surface area contributed by atoms with E-state index in [-0.39, 0.29) is 33.9 Å². The number of rotatable bonds is 6. The van der Waals surface area contributed by atoms with Gasteiger partial charge in [0.25, 0.3) is 0 Å². The molecule has 0 fully saturated rings. The van der Waals surface area contributed by atoms with Crippen molar-refractivity contribution in [3.63, 3.8) is 0 Å². The van der Waals surface area contributed by atoms with Gasteiger partial charge in [-0.05, 0) is 181 Å². The lowest BCUT2D eigenvalue weighted by atomic mass is 9.80. The predicted octanol–water partition coefficient (Wildman–Crippen LogP) is 22.2. The normalized spacial score (nSPS) is 11.5. The third-order valence-corrected chi connectivity index (χ3v) is 22.1. The zero-order valence-corrected chi connectivity index (χ0v) is 60.6. The van der Waals surface area contributed by atoms with E-state index >= 15 is 0 Å². The van der Waals surface area contributed by atoms with Gasteiger partial charge in [-0.3, -0.25) is 0 Å². The zero-order chi connectivity index (χ0) is 64.1. The molecule has 9 nitrogen and oxygen atoms in total. The highest BCUT2D eigenvalue weighted by atomic mass is 127. The van der Waals surface area contributed by atoms with Crippen LogP contribution in [0, 0.1) is 0 Å².